The van der Waals surface area contributed by atoms with Gasteiger partial charge in [-0.1, -0.05) is 53.6 Å². The summed E-state index contributed by atoms with van der Waals surface area (Å²) in [5.74, 6) is 0. The average molecular weight is 270 g/mol. The fourth-order valence-corrected chi connectivity index (χ4v) is 2.17. The van der Waals surface area contributed by atoms with Gasteiger partial charge in [0, 0.05) is 16.1 Å². The first-order valence-electron chi connectivity index (χ1n) is 5.98. The third-order valence-corrected chi connectivity index (χ3v) is 3.21. The van der Waals surface area contributed by atoms with Gasteiger partial charge in [-0.3, -0.25) is 0 Å². The summed E-state index contributed by atoms with van der Waals surface area (Å²) >= 11 is 6.02. The van der Waals surface area contributed by atoms with Crippen molar-refractivity contribution in [2.24, 2.45) is 0 Å². The smallest absolute Gasteiger partial charge is 0.120 e. The number of rotatable bonds is 2. The Labute approximate surface area is 116 Å². The van der Waals surface area contributed by atoms with Crippen molar-refractivity contribution in [3.8, 4) is 22.5 Å². The van der Waals surface area contributed by atoms with Crippen LogP contribution < -0.4 is 0 Å². The van der Waals surface area contributed by atoms with E-state index in [0.717, 1.165) is 22.5 Å². The molecule has 3 rings (SSSR count). The minimum atomic E-state index is 0.690. The van der Waals surface area contributed by atoms with E-state index in [1.807, 2.05) is 36.4 Å². The summed E-state index contributed by atoms with van der Waals surface area (Å²) < 4.78 is 0. The fraction of sp³-hybridized carbons (Fsp3) is 0.0667. The standard InChI is InChI=1S/C15H12ClN3/c1-10-5-7-11(8-6-10)14-15(18-19-17-14)12-3-2-4-13(16)9-12/h2-9H,1H3,(H,17,18,19). The van der Waals surface area contributed by atoms with Gasteiger partial charge in [-0.05, 0) is 19.1 Å². The second kappa shape index (κ2) is 4.86. The van der Waals surface area contributed by atoms with E-state index in [9.17, 15) is 0 Å². The second-order valence-electron chi connectivity index (χ2n) is 4.40. The molecule has 0 spiro atoms. The first-order chi connectivity index (χ1) is 9.24. The summed E-state index contributed by atoms with van der Waals surface area (Å²) in [5.41, 5.74) is 4.86. The molecule has 3 nitrogen and oxygen atoms in total. The zero-order chi connectivity index (χ0) is 13.2. The lowest BCUT2D eigenvalue weighted by atomic mass is 10.0. The lowest BCUT2D eigenvalue weighted by molar-refractivity contribution is 0.944. The van der Waals surface area contributed by atoms with Crippen LogP contribution in [0, 0.1) is 6.92 Å². The van der Waals surface area contributed by atoms with Gasteiger partial charge in [0.1, 0.15) is 11.4 Å². The molecule has 4 heteroatoms. The molecule has 1 heterocycles. The largest absolute Gasteiger partial charge is 0.197 e. The van der Waals surface area contributed by atoms with Crippen LogP contribution >= 0.6 is 11.6 Å². The quantitative estimate of drug-likeness (QED) is 0.761. The van der Waals surface area contributed by atoms with Gasteiger partial charge in [-0.15, -0.1) is 0 Å². The number of aryl methyl sites for hydroxylation is 1. The predicted molar refractivity (Wildman–Crippen MR) is 77.0 cm³/mol. The highest BCUT2D eigenvalue weighted by Crippen LogP contribution is 2.29. The minimum absolute atomic E-state index is 0.690. The molecule has 0 amide bonds. The molecule has 0 fully saturated rings. The van der Waals surface area contributed by atoms with Gasteiger partial charge in [-0.2, -0.15) is 15.4 Å². The number of hydrogen-bond acceptors (Lipinski definition) is 2. The van der Waals surface area contributed by atoms with Gasteiger partial charge >= 0.3 is 0 Å². The number of halogens is 1. The van der Waals surface area contributed by atoms with E-state index < -0.39 is 0 Å². The average Bonchev–Trinajstić information content (AvgIpc) is 2.89. The van der Waals surface area contributed by atoms with Gasteiger partial charge in [0.25, 0.3) is 0 Å². The van der Waals surface area contributed by atoms with Crippen LogP contribution in [0.1, 0.15) is 5.56 Å². The second-order valence-corrected chi connectivity index (χ2v) is 4.83. The summed E-state index contributed by atoms with van der Waals surface area (Å²) in [6.45, 7) is 2.06. The minimum Gasteiger partial charge on any atom is -0.197 e. The van der Waals surface area contributed by atoms with Crippen molar-refractivity contribution in [1.29, 1.82) is 0 Å². The van der Waals surface area contributed by atoms with E-state index in [0.29, 0.717) is 5.02 Å². The Morgan fingerprint density at radius 1 is 0.895 bits per heavy atom. The maximum Gasteiger partial charge on any atom is 0.120 e. The molecule has 0 aliphatic rings. The maximum absolute atomic E-state index is 6.02. The zero-order valence-corrected chi connectivity index (χ0v) is 11.1. The molecule has 0 aliphatic heterocycles. The first kappa shape index (κ1) is 11.9. The Bertz CT molecular complexity index is 701. The molecule has 0 atom stereocenters. The first-order valence-corrected chi connectivity index (χ1v) is 6.35. The predicted octanol–water partition coefficient (Wildman–Crippen LogP) is 4.10. The number of benzene rings is 2. The summed E-state index contributed by atoms with van der Waals surface area (Å²) in [6.07, 6.45) is 0. The molecule has 2 aromatic carbocycles. The van der Waals surface area contributed by atoms with Crippen LogP contribution in [0.15, 0.2) is 48.5 Å². The van der Waals surface area contributed by atoms with E-state index in [2.05, 4.69) is 34.5 Å². The zero-order valence-electron chi connectivity index (χ0n) is 10.4. The summed E-state index contributed by atoms with van der Waals surface area (Å²) in [7, 11) is 0. The van der Waals surface area contributed by atoms with Gasteiger partial charge < -0.3 is 0 Å². The molecule has 19 heavy (non-hydrogen) atoms. The number of hydrogen-bond donors (Lipinski definition) is 1. The van der Waals surface area contributed by atoms with Crippen molar-refractivity contribution in [3.63, 3.8) is 0 Å². The Morgan fingerprint density at radius 2 is 1.58 bits per heavy atom. The van der Waals surface area contributed by atoms with Crippen LogP contribution in [0.25, 0.3) is 22.5 Å². The van der Waals surface area contributed by atoms with Crippen molar-refractivity contribution in [2.75, 3.05) is 0 Å². The van der Waals surface area contributed by atoms with Crippen LogP contribution in [0.2, 0.25) is 5.02 Å². The monoisotopic (exact) mass is 269 g/mol. The van der Waals surface area contributed by atoms with E-state index in [4.69, 9.17) is 11.6 Å². The van der Waals surface area contributed by atoms with Crippen LogP contribution in [-0.4, -0.2) is 15.4 Å². The van der Waals surface area contributed by atoms with Gasteiger partial charge in [0.15, 0.2) is 0 Å². The van der Waals surface area contributed by atoms with E-state index >= 15 is 0 Å². The van der Waals surface area contributed by atoms with Crippen LogP contribution in [0.3, 0.4) is 0 Å². The van der Waals surface area contributed by atoms with Gasteiger partial charge in [0.2, 0.25) is 0 Å². The Balaban J connectivity index is 2.10. The van der Waals surface area contributed by atoms with Crippen LogP contribution in [-0.2, 0) is 0 Å². The molecule has 0 saturated heterocycles. The normalized spacial score (nSPS) is 10.6. The fourth-order valence-electron chi connectivity index (χ4n) is 1.98. The SMILES string of the molecule is Cc1ccc(-c2n[nH]nc2-c2cccc(Cl)c2)cc1. The number of aromatic amines is 1. The van der Waals surface area contributed by atoms with Crippen molar-refractivity contribution >= 4 is 11.6 Å². The number of nitrogens with one attached hydrogen (secondary N) is 1. The molecule has 0 saturated carbocycles. The molecule has 1 aromatic heterocycles. The van der Waals surface area contributed by atoms with Crippen molar-refractivity contribution in [1.82, 2.24) is 15.4 Å². The summed E-state index contributed by atoms with van der Waals surface area (Å²) in [4.78, 5) is 0. The van der Waals surface area contributed by atoms with Gasteiger partial charge in [-0.25, -0.2) is 0 Å². The number of aromatic nitrogens is 3. The molecule has 3 aromatic rings. The van der Waals surface area contributed by atoms with Crippen molar-refractivity contribution < 1.29 is 0 Å². The Hall–Kier alpha value is -2.13. The Kier molecular flexibility index (Phi) is 3.05. The highest BCUT2D eigenvalue weighted by atomic mass is 35.5. The summed E-state index contributed by atoms with van der Waals surface area (Å²) in [5, 5.41) is 11.9. The maximum atomic E-state index is 6.02. The molecular formula is C15H12ClN3. The molecule has 0 unspecified atom stereocenters. The van der Waals surface area contributed by atoms with E-state index in [1.165, 1.54) is 5.56 Å². The number of H-pyrrole nitrogens is 1. The third-order valence-electron chi connectivity index (χ3n) is 2.97. The van der Waals surface area contributed by atoms with Crippen LogP contribution in [0.4, 0.5) is 0 Å². The molecular weight excluding hydrogens is 258 g/mol. The molecule has 1 N–H and O–H groups in total. The Morgan fingerprint density at radius 3 is 2.26 bits per heavy atom. The highest BCUT2D eigenvalue weighted by Gasteiger charge is 2.12. The molecule has 0 aliphatic carbocycles. The van der Waals surface area contributed by atoms with Gasteiger partial charge in [0.05, 0.1) is 0 Å². The highest BCUT2D eigenvalue weighted by molar-refractivity contribution is 6.30. The van der Waals surface area contributed by atoms with E-state index in [1.54, 1.807) is 0 Å². The summed E-state index contributed by atoms with van der Waals surface area (Å²) in [6, 6.07) is 15.8. The molecule has 0 radical (unpaired) electrons. The van der Waals surface area contributed by atoms with Crippen molar-refractivity contribution in [2.45, 2.75) is 6.92 Å². The topological polar surface area (TPSA) is 41.6 Å². The van der Waals surface area contributed by atoms with Crippen molar-refractivity contribution in [3.05, 3.63) is 59.1 Å². The molecule has 0 bridgehead atoms. The van der Waals surface area contributed by atoms with Crippen LogP contribution in [0.5, 0.6) is 0 Å². The van der Waals surface area contributed by atoms with E-state index in [-0.39, 0.29) is 0 Å². The lowest BCUT2D eigenvalue weighted by Gasteiger charge is -2.02. The lowest BCUT2D eigenvalue weighted by Crippen LogP contribution is -1.84. The third kappa shape index (κ3) is 2.37. The molecule has 94 valence electrons. The number of nitrogens with zero attached hydrogens (tertiary/aromatic N) is 2.